The molecule has 1 aliphatic rings. The summed E-state index contributed by atoms with van der Waals surface area (Å²) in [5, 5.41) is 3.70. The molecule has 0 spiro atoms. The van der Waals surface area contributed by atoms with Crippen molar-refractivity contribution in [2.75, 3.05) is 19.6 Å². The van der Waals surface area contributed by atoms with E-state index >= 15 is 0 Å². The Balaban J connectivity index is 2.29. The molecule has 0 aliphatic carbocycles. The summed E-state index contributed by atoms with van der Waals surface area (Å²) in [6.45, 7) is 4.10. The zero-order chi connectivity index (χ0) is 14.0. The molecule has 4 nitrogen and oxygen atoms in total. The Morgan fingerprint density at radius 1 is 1.53 bits per heavy atom. The van der Waals surface area contributed by atoms with Crippen LogP contribution in [-0.2, 0) is 10.0 Å². The average molecular weight is 388 g/mol. The minimum Gasteiger partial charge on any atom is -0.317 e. The van der Waals surface area contributed by atoms with E-state index in [2.05, 4.69) is 21.2 Å². The lowest BCUT2D eigenvalue weighted by molar-refractivity contribution is 0.271. The molecule has 0 aromatic carbocycles. The maximum Gasteiger partial charge on any atom is 0.252 e. The summed E-state index contributed by atoms with van der Waals surface area (Å²) < 4.78 is 27.9. The number of piperidine rings is 1. The van der Waals surface area contributed by atoms with E-state index in [9.17, 15) is 8.42 Å². The minimum atomic E-state index is -3.44. The summed E-state index contributed by atoms with van der Waals surface area (Å²) >= 11 is 10.4. The predicted octanol–water partition coefficient (Wildman–Crippen LogP) is 2.93. The molecule has 8 heteroatoms. The fourth-order valence-electron chi connectivity index (χ4n) is 2.29. The molecule has 0 radical (unpaired) electrons. The summed E-state index contributed by atoms with van der Waals surface area (Å²) in [7, 11) is -3.44. The van der Waals surface area contributed by atoms with Crippen molar-refractivity contribution in [1.82, 2.24) is 9.62 Å². The Morgan fingerprint density at radius 3 is 2.63 bits per heavy atom. The van der Waals surface area contributed by atoms with Crippen LogP contribution in [0.4, 0.5) is 0 Å². The molecular formula is C11H16BrClN2O2S2. The van der Waals surface area contributed by atoms with E-state index in [0.29, 0.717) is 19.6 Å². The topological polar surface area (TPSA) is 49.4 Å². The predicted molar refractivity (Wildman–Crippen MR) is 82.5 cm³/mol. The molecule has 1 N–H and O–H groups in total. The lowest BCUT2D eigenvalue weighted by Crippen LogP contribution is -2.45. The van der Waals surface area contributed by atoms with Crippen molar-refractivity contribution in [3.63, 3.8) is 0 Å². The number of hydrogen-bond acceptors (Lipinski definition) is 4. The number of rotatable bonds is 4. The van der Waals surface area contributed by atoms with Crippen LogP contribution in [0.15, 0.2) is 14.1 Å². The molecule has 19 heavy (non-hydrogen) atoms. The van der Waals surface area contributed by atoms with Gasteiger partial charge in [0.05, 0.1) is 8.81 Å². The Bertz CT molecular complexity index is 521. The molecule has 0 atom stereocenters. The fourth-order valence-corrected chi connectivity index (χ4v) is 6.51. The first kappa shape index (κ1) is 15.7. The Hall–Kier alpha value is 0.340. The van der Waals surface area contributed by atoms with Crippen LogP contribution in [-0.4, -0.2) is 38.4 Å². The van der Waals surface area contributed by atoms with E-state index in [1.54, 1.807) is 4.31 Å². The average Bonchev–Trinajstić information content (AvgIpc) is 2.72. The summed E-state index contributed by atoms with van der Waals surface area (Å²) in [6.07, 6.45) is 1.71. The molecule has 1 aliphatic heterocycles. The van der Waals surface area contributed by atoms with Gasteiger partial charge in [0.1, 0.15) is 4.21 Å². The van der Waals surface area contributed by atoms with Crippen molar-refractivity contribution in [1.29, 1.82) is 0 Å². The molecule has 0 bridgehead atoms. The van der Waals surface area contributed by atoms with Crippen LogP contribution in [0, 0.1) is 0 Å². The standard InChI is InChI=1S/C11H16BrClN2O2S2/c1-2-15(8-3-5-14-6-4-8)19(16,17)10-7-9(13)11(12)18-10/h7-8,14H,2-6H2,1H3. The second-order valence-electron chi connectivity index (χ2n) is 4.38. The van der Waals surface area contributed by atoms with Crippen LogP contribution in [0.2, 0.25) is 5.02 Å². The maximum atomic E-state index is 12.7. The number of sulfonamides is 1. The van der Waals surface area contributed by atoms with E-state index in [1.165, 1.54) is 17.4 Å². The van der Waals surface area contributed by atoms with Gasteiger partial charge in [0.15, 0.2) is 0 Å². The number of thiophene rings is 1. The summed E-state index contributed by atoms with van der Waals surface area (Å²) in [6, 6.07) is 1.60. The van der Waals surface area contributed by atoms with Gasteiger partial charge in [0.25, 0.3) is 10.0 Å². The second-order valence-corrected chi connectivity index (χ2v) is 9.27. The maximum absolute atomic E-state index is 12.7. The highest BCUT2D eigenvalue weighted by atomic mass is 79.9. The molecule has 108 valence electrons. The summed E-state index contributed by atoms with van der Waals surface area (Å²) in [5.41, 5.74) is 0. The zero-order valence-corrected chi connectivity index (χ0v) is 14.5. The SMILES string of the molecule is CCN(C1CCNCC1)S(=O)(=O)c1cc(Cl)c(Br)s1. The van der Waals surface area contributed by atoms with Crippen LogP contribution in [0.5, 0.6) is 0 Å². The highest BCUT2D eigenvalue weighted by Crippen LogP contribution is 2.36. The van der Waals surface area contributed by atoms with Gasteiger partial charge in [-0.3, -0.25) is 0 Å². The molecule has 2 rings (SSSR count). The van der Waals surface area contributed by atoms with Crippen molar-refractivity contribution < 1.29 is 8.42 Å². The van der Waals surface area contributed by atoms with Crippen LogP contribution >= 0.6 is 38.9 Å². The van der Waals surface area contributed by atoms with Gasteiger partial charge in [0, 0.05) is 12.6 Å². The van der Waals surface area contributed by atoms with Crippen molar-refractivity contribution in [2.24, 2.45) is 0 Å². The van der Waals surface area contributed by atoms with Crippen LogP contribution in [0.25, 0.3) is 0 Å². The third-order valence-electron chi connectivity index (χ3n) is 3.21. The van der Waals surface area contributed by atoms with Crippen molar-refractivity contribution in [3.8, 4) is 0 Å². The van der Waals surface area contributed by atoms with Gasteiger partial charge >= 0.3 is 0 Å². The Labute approximate surface area is 131 Å². The first-order valence-electron chi connectivity index (χ1n) is 6.14. The van der Waals surface area contributed by atoms with E-state index < -0.39 is 10.0 Å². The molecule has 0 amide bonds. The monoisotopic (exact) mass is 386 g/mol. The van der Waals surface area contributed by atoms with Gasteiger partial charge in [-0.2, -0.15) is 4.31 Å². The van der Waals surface area contributed by atoms with Gasteiger partial charge < -0.3 is 5.32 Å². The summed E-state index contributed by atoms with van der Waals surface area (Å²) in [5.74, 6) is 0. The van der Waals surface area contributed by atoms with Gasteiger partial charge in [0.2, 0.25) is 0 Å². The third kappa shape index (κ3) is 3.33. The quantitative estimate of drug-likeness (QED) is 0.864. The lowest BCUT2D eigenvalue weighted by Gasteiger charge is -2.32. The number of nitrogens with zero attached hydrogens (tertiary/aromatic N) is 1. The van der Waals surface area contributed by atoms with Gasteiger partial charge in [-0.05, 0) is 47.9 Å². The lowest BCUT2D eigenvalue weighted by atomic mass is 10.1. The molecule has 1 aromatic heterocycles. The number of halogens is 2. The Kier molecular flexibility index (Phi) is 5.30. The van der Waals surface area contributed by atoms with Crippen LogP contribution in [0.3, 0.4) is 0 Å². The number of nitrogens with one attached hydrogen (secondary N) is 1. The minimum absolute atomic E-state index is 0.0795. The molecule has 1 fully saturated rings. The normalized spacial score (nSPS) is 18.1. The van der Waals surface area contributed by atoms with Gasteiger partial charge in [-0.1, -0.05) is 18.5 Å². The van der Waals surface area contributed by atoms with Crippen molar-refractivity contribution in [3.05, 3.63) is 14.9 Å². The highest BCUT2D eigenvalue weighted by molar-refractivity contribution is 9.11. The van der Waals surface area contributed by atoms with Gasteiger partial charge in [-0.25, -0.2) is 8.42 Å². The molecule has 2 heterocycles. The second kappa shape index (κ2) is 6.41. The van der Waals surface area contributed by atoms with Gasteiger partial charge in [-0.15, -0.1) is 11.3 Å². The first-order valence-corrected chi connectivity index (χ1v) is 9.57. The third-order valence-corrected chi connectivity index (χ3v) is 8.16. The van der Waals surface area contributed by atoms with Crippen molar-refractivity contribution in [2.45, 2.75) is 30.0 Å². The highest BCUT2D eigenvalue weighted by Gasteiger charge is 2.32. The number of hydrogen-bond donors (Lipinski definition) is 1. The van der Waals surface area contributed by atoms with Crippen molar-refractivity contribution >= 4 is 48.9 Å². The molecule has 1 aromatic rings. The summed E-state index contributed by atoms with van der Waals surface area (Å²) in [4.78, 5) is 0. The smallest absolute Gasteiger partial charge is 0.252 e. The largest absolute Gasteiger partial charge is 0.317 e. The molecular weight excluding hydrogens is 372 g/mol. The van der Waals surface area contributed by atoms with E-state index in [4.69, 9.17) is 11.6 Å². The molecule has 0 unspecified atom stereocenters. The Morgan fingerprint density at radius 2 is 2.16 bits per heavy atom. The molecule has 1 saturated heterocycles. The van der Waals surface area contributed by atoms with E-state index in [1.807, 2.05) is 6.92 Å². The van der Waals surface area contributed by atoms with Crippen LogP contribution in [0.1, 0.15) is 19.8 Å². The van der Waals surface area contributed by atoms with Crippen LogP contribution < -0.4 is 5.32 Å². The fraction of sp³-hybridized carbons (Fsp3) is 0.636. The van der Waals surface area contributed by atoms with E-state index in [0.717, 1.165) is 25.9 Å². The van der Waals surface area contributed by atoms with E-state index in [-0.39, 0.29) is 6.04 Å². The first-order chi connectivity index (χ1) is 8.96. The molecule has 0 saturated carbocycles. The zero-order valence-electron chi connectivity index (χ0n) is 10.5.